The number of allylic oxidation sites excluding steroid dienone is 2. The van der Waals surface area contributed by atoms with Crippen LogP contribution in [0.4, 0.5) is 5.69 Å². The summed E-state index contributed by atoms with van der Waals surface area (Å²) in [4.78, 5) is -0.567. The molecule has 1 heterocycles. The predicted octanol–water partition coefficient (Wildman–Crippen LogP) is 1.23. The van der Waals surface area contributed by atoms with E-state index in [0.717, 1.165) is 18.9 Å². The van der Waals surface area contributed by atoms with E-state index in [1.54, 1.807) is 0 Å². The lowest BCUT2D eigenvalue weighted by atomic mass is 9.91. The van der Waals surface area contributed by atoms with Gasteiger partial charge in [-0.3, -0.25) is 0 Å². The number of sulfonamides is 2. The van der Waals surface area contributed by atoms with Crippen LogP contribution in [-0.2, 0) is 20.0 Å². The van der Waals surface area contributed by atoms with Gasteiger partial charge in [-0.15, -0.1) is 0 Å². The van der Waals surface area contributed by atoms with Crippen molar-refractivity contribution in [3.05, 3.63) is 29.3 Å². The summed E-state index contributed by atoms with van der Waals surface area (Å²) in [6, 6.07) is 2.31. The minimum atomic E-state index is -4.11. The number of hydrogen-bond donors (Lipinski definition) is 3. The van der Waals surface area contributed by atoms with Crippen LogP contribution in [0, 0.1) is 17.8 Å². The maximum atomic E-state index is 12.6. The van der Waals surface area contributed by atoms with Gasteiger partial charge in [0.25, 0.3) is 0 Å². The van der Waals surface area contributed by atoms with Gasteiger partial charge >= 0.3 is 0 Å². The highest BCUT2D eigenvalue weighted by Crippen LogP contribution is 2.46. The number of nitrogens with two attached hydrogens (primary N) is 1. The second kappa shape index (κ2) is 5.18. The molecule has 0 radical (unpaired) electrons. The number of nitrogens with one attached hydrogen (secondary N) is 2. The van der Waals surface area contributed by atoms with Crippen molar-refractivity contribution < 1.29 is 16.8 Å². The number of anilines is 1. The van der Waals surface area contributed by atoms with Crippen LogP contribution in [0.3, 0.4) is 0 Å². The summed E-state index contributed by atoms with van der Waals surface area (Å²) in [6.07, 6.45) is 5.84. The molecule has 4 N–H and O–H groups in total. The molecule has 4 atom stereocenters. The minimum absolute atomic E-state index is 0.104. The van der Waals surface area contributed by atoms with E-state index in [1.807, 2.05) is 0 Å². The summed E-state index contributed by atoms with van der Waals surface area (Å²) in [5.41, 5.74) is 0.294. The minimum Gasteiger partial charge on any atom is -0.368 e. The monoisotopic (exact) mass is 389 g/mol. The van der Waals surface area contributed by atoms with Crippen molar-refractivity contribution in [3.63, 3.8) is 0 Å². The lowest BCUT2D eigenvalue weighted by Crippen LogP contribution is -2.50. The van der Waals surface area contributed by atoms with Crippen molar-refractivity contribution in [1.82, 2.24) is 4.72 Å². The van der Waals surface area contributed by atoms with Crippen LogP contribution in [-0.4, -0.2) is 23.0 Å². The predicted molar refractivity (Wildman–Crippen MR) is 89.4 cm³/mol. The first kappa shape index (κ1) is 16.3. The van der Waals surface area contributed by atoms with Crippen molar-refractivity contribution >= 4 is 37.3 Å². The van der Waals surface area contributed by atoms with E-state index in [9.17, 15) is 16.8 Å². The van der Waals surface area contributed by atoms with Crippen LogP contribution in [0.5, 0.6) is 0 Å². The Morgan fingerprint density at radius 3 is 2.54 bits per heavy atom. The van der Waals surface area contributed by atoms with E-state index in [2.05, 4.69) is 22.2 Å². The molecule has 1 aromatic carbocycles. The molecule has 2 bridgehead atoms. The summed E-state index contributed by atoms with van der Waals surface area (Å²) >= 11 is 5.98. The number of hydrogen-bond acceptors (Lipinski definition) is 5. The highest BCUT2D eigenvalue weighted by atomic mass is 35.5. The second-order valence-corrected chi connectivity index (χ2v) is 10.1. The Labute approximate surface area is 145 Å². The van der Waals surface area contributed by atoms with Gasteiger partial charge in [0, 0.05) is 5.92 Å². The van der Waals surface area contributed by atoms with E-state index >= 15 is 0 Å². The van der Waals surface area contributed by atoms with Gasteiger partial charge in [-0.25, -0.2) is 22.0 Å². The average Bonchev–Trinajstić information content (AvgIpc) is 3.06. The zero-order valence-electron chi connectivity index (χ0n) is 12.4. The molecule has 0 unspecified atom stereocenters. The van der Waals surface area contributed by atoms with E-state index in [4.69, 9.17) is 16.7 Å². The number of primary sulfonamides is 1. The summed E-state index contributed by atoms with van der Waals surface area (Å²) < 4.78 is 50.9. The highest BCUT2D eigenvalue weighted by molar-refractivity contribution is 7.90. The van der Waals surface area contributed by atoms with Crippen LogP contribution in [0.2, 0.25) is 5.02 Å². The molecule has 1 fully saturated rings. The lowest BCUT2D eigenvalue weighted by Gasteiger charge is -2.35. The molecule has 1 saturated carbocycles. The molecular weight excluding hydrogens is 374 g/mol. The van der Waals surface area contributed by atoms with Crippen LogP contribution >= 0.6 is 11.6 Å². The van der Waals surface area contributed by atoms with Crippen LogP contribution in [0.1, 0.15) is 12.8 Å². The third-order valence-corrected chi connectivity index (χ3v) is 7.84. The summed E-state index contributed by atoms with van der Waals surface area (Å²) in [5.74, 6) is 0.997. The SMILES string of the molecule is NS(=O)(=O)c1cc2c(cc1Cl)N[C@@H]([C@H]1C[C@H]3C=C[C@H]1C3)NS2(=O)=O. The fourth-order valence-corrected chi connectivity index (χ4v) is 6.47. The van der Waals surface area contributed by atoms with Crippen molar-refractivity contribution in [1.29, 1.82) is 0 Å². The molecular formula is C14H16ClN3O4S2. The Kier molecular flexibility index (Phi) is 3.53. The smallest absolute Gasteiger partial charge is 0.244 e. The fraction of sp³-hybridized carbons (Fsp3) is 0.429. The maximum Gasteiger partial charge on any atom is 0.244 e. The molecule has 130 valence electrons. The average molecular weight is 390 g/mol. The zero-order valence-corrected chi connectivity index (χ0v) is 14.8. The number of halogens is 1. The highest BCUT2D eigenvalue weighted by Gasteiger charge is 2.44. The maximum absolute atomic E-state index is 12.6. The Balaban J connectivity index is 1.76. The molecule has 4 rings (SSSR count). The molecule has 0 saturated heterocycles. The quantitative estimate of drug-likeness (QED) is 0.657. The first-order valence-electron chi connectivity index (χ1n) is 7.49. The van der Waals surface area contributed by atoms with Gasteiger partial charge in [0.2, 0.25) is 20.0 Å². The van der Waals surface area contributed by atoms with Crippen molar-refractivity contribution in [2.75, 3.05) is 5.32 Å². The topological polar surface area (TPSA) is 118 Å². The van der Waals surface area contributed by atoms with E-state index < -0.39 is 31.1 Å². The first-order valence-corrected chi connectivity index (χ1v) is 10.9. The standard InChI is InChI=1S/C14H16ClN3O4S2/c15-10-5-11-13(6-12(10)23(16,19)20)24(21,22)18-14(17-11)9-4-7-1-2-8(9)3-7/h1-2,5-9,14,17-18H,3-4H2,(H2,16,19,20)/t7-,8-,9-,14+/m0/s1. The largest absolute Gasteiger partial charge is 0.368 e. The number of benzene rings is 1. The molecule has 3 aliphatic rings. The molecule has 0 amide bonds. The number of fused-ring (bicyclic) bond motifs is 3. The lowest BCUT2D eigenvalue weighted by molar-refractivity contribution is 0.363. The van der Waals surface area contributed by atoms with E-state index in [0.29, 0.717) is 17.5 Å². The van der Waals surface area contributed by atoms with Gasteiger partial charge < -0.3 is 5.32 Å². The fourth-order valence-electron chi connectivity index (χ4n) is 3.92. The van der Waals surface area contributed by atoms with Crippen molar-refractivity contribution in [2.24, 2.45) is 22.9 Å². The molecule has 24 heavy (non-hydrogen) atoms. The van der Waals surface area contributed by atoms with Gasteiger partial charge in [0.05, 0.1) is 16.9 Å². The van der Waals surface area contributed by atoms with Gasteiger partial charge in [-0.05, 0) is 36.8 Å². The molecule has 2 aliphatic carbocycles. The molecule has 10 heteroatoms. The first-order chi connectivity index (χ1) is 11.1. The molecule has 1 aromatic rings. The number of rotatable bonds is 2. The second-order valence-electron chi connectivity index (χ2n) is 6.51. The van der Waals surface area contributed by atoms with Crippen LogP contribution in [0.15, 0.2) is 34.1 Å². The summed E-state index contributed by atoms with van der Waals surface area (Å²) in [7, 11) is -7.97. The summed E-state index contributed by atoms with van der Waals surface area (Å²) in [5, 5.41) is 8.14. The van der Waals surface area contributed by atoms with Crippen LogP contribution < -0.4 is 15.2 Å². The zero-order chi connectivity index (χ0) is 17.3. The third kappa shape index (κ3) is 2.55. The van der Waals surface area contributed by atoms with E-state index in [-0.39, 0.29) is 15.8 Å². The molecule has 0 aromatic heterocycles. The van der Waals surface area contributed by atoms with E-state index in [1.165, 1.54) is 6.07 Å². The van der Waals surface area contributed by atoms with Gasteiger partial charge in [-0.2, -0.15) is 4.72 Å². The Hall–Kier alpha value is -1.13. The van der Waals surface area contributed by atoms with Crippen molar-refractivity contribution in [2.45, 2.75) is 28.8 Å². The Bertz CT molecular complexity index is 958. The molecule has 0 spiro atoms. The van der Waals surface area contributed by atoms with Gasteiger partial charge in [0.15, 0.2) is 0 Å². The normalized spacial score (nSPS) is 33.2. The molecule has 1 aliphatic heterocycles. The Morgan fingerprint density at radius 2 is 1.96 bits per heavy atom. The summed E-state index contributed by atoms with van der Waals surface area (Å²) in [6.45, 7) is 0. The third-order valence-electron chi connectivity index (χ3n) is 4.98. The van der Waals surface area contributed by atoms with Crippen LogP contribution in [0.25, 0.3) is 0 Å². The Morgan fingerprint density at radius 1 is 1.21 bits per heavy atom. The molecule has 7 nitrogen and oxygen atoms in total. The van der Waals surface area contributed by atoms with Gasteiger partial charge in [0.1, 0.15) is 9.79 Å². The van der Waals surface area contributed by atoms with Crippen molar-refractivity contribution in [3.8, 4) is 0 Å². The van der Waals surface area contributed by atoms with Gasteiger partial charge in [-0.1, -0.05) is 23.8 Å².